The van der Waals surface area contributed by atoms with Crippen LogP contribution in [0.15, 0.2) is 67.3 Å². The van der Waals surface area contributed by atoms with E-state index in [2.05, 4.69) is 38.9 Å². The van der Waals surface area contributed by atoms with Gasteiger partial charge < -0.3 is 14.8 Å². The van der Waals surface area contributed by atoms with Crippen LogP contribution in [0.4, 0.5) is 4.39 Å². The van der Waals surface area contributed by atoms with E-state index in [9.17, 15) is 4.79 Å². The molecule has 4 aromatic heterocycles. The average molecular weight is 495 g/mol. The van der Waals surface area contributed by atoms with Gasteiger partial charge in [-0.2, -0.15) is 0 Å². The predicted octanol–water partition coefficient (Wildman–Crippen LogP) is 5.15. The third-order valence-electron chi connectivity index (χ3n) is 7.25. The second-order valence-electron chi connectivity index (χ2n) is 9.77. The molecule has 0 radical (unpaired) electrons. The van der Waals surface area contributed by atoms with Crippen molar-refractivity contribution in [2.24, 2.45) is 0 Å². The molecule has 5 aromatic rings. The summed E-state index contributed by atoms with van der Waals surface area (Å²) < 4.78 is 15.3. The van der Waals surface area contributed by atoms with Crippen LogP contribution in [0.25, 0.3) is 44.3 Å². The summed E-state index contributed by atoms with van der Waals surface area (Å²) in [6.07, 6.45) is 8.52. The Hall–Kier alpha value is -4.17. The molecule has 1 aliphatic heterocycles. The van der Waals surface area contributed by atoms with Crippen molar-refractivity contribution < 1.29 is 9.18 Å². The van der Waals surface area contributed by atoms with Gasteiger partial charge >= 0.3 is 0 Å². The summed E-state index contributed by atoms with van der Waals surface area (Å²) in [5.74, 6) is -0.408. The van der Waals surface area contributed by atoms with Crippen molar-refractivity contribution in [2.45, 2.75) is 18.9 Å². The molecule has 8 heteroatoms. The van der Waals surface area contributed by atoms with E-state index in [1.807, 2.05) is 35.2 Å². The van der Waals surface area contributed by atoms with E-state index in [1.165, 1.54) is 6.20 Å². The molecule has 1 atom stereocenters. The van der Waals surface area contributed by atoms with Crippen molar-refractivity contribution in [1.29, 1.82) is 0 Å². The summed E-state index contributed by atoms with van der Waals surface area (Å²) in [6.45, 7) is 1.48. The van der Waals surface area contributed by atoms with Crippen molar-refractivity contribution in [3.05, 3.63) is 78.6 Å². The topological polar surface area (TPSA) is 78.0 Å². The van der Waals surface area contributed by atoms with Gasteiger partial charge in [0.1, 0.15) is 11.5 Å². The number of hydrogen-bond acceptors (Lipinski definition) is 5. The highest BCUT2D eigenvalue weighted by Crippen LogP contribution is 2.36. The number of benzene rings is 1. The molecular weight excluding hydrogens is 467 g/mol. The lowest BCUT2D eigenvalue weighted by Gasteiger charge is -2.36. The predicted molar refractivity (Wildman–Crippen MR) is 143 cm³/mol. The lowest BCUT2D eigenvalue weighted by molar-refractivity contribution is 0.0635. The van der Waals surface area contributed by atoms with E-state index >= 15 is 4.39 Å². The standard InChI is InChI=1S/C29H27FN6O/c1-35(2)21-6-4-12-36(17-21)29(37)19-9-7-18(8-10-19)26-23(30)15-33-28-27(26)22-13-24(32-16-25(22)34-28)20-5-3-11-31-14-20/h3,5,7-11,13-16,21H,4,6,12,17H2,1-2H3,(H,33,34). The van der Waals surface area contributed by atoms with Crippen LogP contribution in [-0.4, -0.2) is 68.9 Å². The lowest BCUT2D eigenvalue weighted by atomic mass is 9.98. The van der Waals surface area contributed by atoms with Crippen LogP contribution in [0, 0.1) is 5.82 Å². The summed E-state index contributed by atoms with van der Waals surface area (Å²) in [5, 5.41) is 1.51. The van der Waals surface area contributed by atoms with Crippen LogP contribution in [0.1, 0.15) is 23.2 Å². The summed E-state index contributed by atoms with van der Waals surface area (Å²) >= 11 is 0. The number of likely N-dealkylation sites (tertiary alicyclic amines) is 1. The number of likely N-dealkylation sites (N-methyl/N-ethyl adjacent to an activating group) is 1. The van der Waals surface area contributed by atoms with E-state index < -0.39 is 5.82 Å². The van der Waals surface area contributed by atoms with Crippen molar-refractivity contribution in [3.8, 4) is 22.4 Å². The van der Waals surface area contributed by atoms with Crippen LogP contribution in [0.2, 0.25) is 0 Å². The number of fused-ring (bicyclic) bond motifs is 3. The Kier molecular flexibility index (Phi) is 5.88. The molecule has 1 aromatic carbocycles. The maximum Gasteiger partial charge on any atom is 0.253 e. The van der Waals surface area contributed by atoms with Gasteiger partial charge in [0.25, 0.3) is 5.91 Å². The number of amides is 1. The Morgan fingerprint density at radius 3 is 2.68 bits per heavy atom. The highest BCUT2D eigenvalue weighted by atomic mass is 19.1. The molecular formula is C29H27FN6O. The van der Waals surface area contributed by atoms with E-state index in [-0.39, 0.29) is 5.91 Å². The quantitative estimate of drug-likeness (QED) is 0.374. The molecule has 0 bridgehead atoms. The molecule has 1 unspecified atom stereocenters. The Morgan fingerprint density at radius 1 is 1.08 bits per heavy atom. The number of carbonyl (C=O) groups is 1. The monoisotopic (exact) mass is 494 g/mol. The van der Waals surface area contributed by atoms with E-state index in [0.717, 1.165) is 48.1 Å². The van der Waals surface area contributed by atoms with Gasteiger partial charge in [-0.05, 0) is 62.8 Å². The summed E-state index contributed by atoms with van der Waals surface area (Å²) in [4.78, 5) is 33.6. The Balaban J connectivity index is 1.39. The first-order valence-electron chi connectivity index (χ1n) is 12.4. The van der Waals surface area contributed by atoms with E-state index in [0.29, 0.717) is 33.8 Å². The molecule has 0 aliphatic carbocycles. The number of rotatable bonds is 4. The third-order valence-corrected chi connectivity index (χ3v) is 7.25. The minimum absolute atomic E-state index is 0.0118. The number of halogens is 1. The molecule has 1 saturated heterocycles. The Labute approximate surface area is 214 Å². The molecule has 1 fully saturated rings. The Morgan fingerprint density at radius 2 is 1.92 bits per heavy atom. The molecule has 6 rings (SSSR count). The molecule has 7 nitrogen and oxygen atoms in total. The van der Waals surface area contributed by atoms with Gasteiger partial charge in [-0.1, -0.05) is 12.1 Å². The first-order valence-corrected chi connectivity index (χ1v) is 12.4. The number of carbonyl (C=O) groups excluding carboxylic acids is 1. The van der Waals surface area contributed by atoms with Gasteiger partial charge in [-0.3, -0.25) is 14.8 Å². The maximum atomic E-state index is 15.3. The second-order valence-corrected chi connectivity index (χ2v) is 9.77. The summed E-state index contributed by atoms with van der Waals surface area (Å²) in [7, 11) is 4.11. The molecule has 1 N–H and O–H groups in total. The molecule has 186 valence electrons. The number of nitrogens with zero attached hydrogens (tertiary/aromatic N) is 5. The Bertz CT molecular complexity index is 1600. The number of aromatic nitrogens is 4. The third kappa shape index (κ3) is 4.23. The number of H-pyrrole nitrogens is 1. The van der Waals surface area contributed by atoms with Crippen molar-refractivity contribution in [1.82, 2.24) is 29.7 Å². The molecule has 0 spiro atoms. The minimum Gasteiger partial charge on any atom is -0.338 e. The second kappa shape index (κ2) is 9.37. The minimum atomic E-state index is -0.419. The first-order chi connectivity index (χ1) is 18.0. The SMILES string of the molecule is CN(C)C1CCCN(C(=O)c2ccc(-c3c(F)cnc4[nH]c5cnc(-c6cccnc6)cc5c34)cc2)C1. The fourth-order valence-electron chi connectivity index (χ4n) is 5.21. The van der Waals surface area contributed by atoms with Crippen LogP contribution in [0.5, 0.6) is 0 Å². The molecule has 5 heterocycles. The summed E-state index contributed by atoms with van der Waals surface area (Å²) in [5.41, 5.74) is 4.72. The smallest absolute Gasteiger partial charge is 0.253 e. The van der Waals surface area contributed by atoms with Crippen LogP contribution in [-0.2, 0) is 0 Å². The van der Waals surface area contributed by atoms with Crippen molar-refractivity contribution in [3.63, 3.8) is 0 Å². The number of aromatic amines is 1. The number of pyridine rings is 3. The molecule has 1 amide bonds. The fraction of sp³-hybridized carbons (Fsp3) is 0.241. The van der Waals surface area contributed by atoms with Crippen LogP contribution < -0.4 is 0 Å². The van der Waals surface area contributed by atoms with Crippen LogP contribution in [0.3, 0.4) is 0 Å². The number of piperidine rings is 1. The average Bonchev–Trinajstić information content (AvgIpc) is 3.31. The molecule has 1 aliphatic rings. The number of hydrogen-bond donors (Lipinski definition) is 1. The largest absolute Gasteiger partial charge is 0.338 e. The van der Waals surface area contributed by atoms with E-state index in [4.69, 9.17) is 0 Å². The fourth-order valence-corrected chi connectivity index (χ4v) is 5.21. The highest BCUT2D eigenvalue weighted by molar-refractivity contribution is 6.13. The van der Waals surface area contributed by atoms with Gasteiger partial charge in [-0.15, -0.1) is 0 Å². The highest BCUT2D eigenvalue weighted by Gasteiger charge is 2.26. The van der Waals surface area contributed by atoms with Gasteiger partial charge in [-0.25, -0.2) is 9.37 Å². The van der Waals surface area contributed by atoms with Gasteiger partial charge in [0.2, 0.25) is 0 Å². The van der Waals surface area contributed by atoms with Crippen molar-refractivity contribution in [2.75, 3.05) is 27.2 Å². The van der Waals surface area contributed by atoms with Crippen LogP contribution >= 0.6 is 0 Å². The maximum absolute atomic E-state index is 15.3. The first kappa shape index (κ1) is 23.2. The van der Waals surface area contributed by atoms with Gasteiger partial charge in [0, 0.05) is 59.0 Å². The lowest BCUT2D eigenvalue weighted by Crippen LogP contribution is -2.47. The summed E-state index contributed by atoms with van der Waals surface area (Å²) in [6, 6.07) is 13.3. The normalized spacial score (nSPS) is 16.1. The van der Waals surface area contributed by atoms with Gasteiger partial charge in [0.05, 0.1) is 23.6 Å². The van der Waals surface area contributed by atoms with Crippen molar-refractivity contribution >= 4 is 27.8 Å². The number of nitrogens with one attached hydrogen (secondary N) is 1. The zero-order valence-corrected chi connectivity index (χ0v) is 20.8. The molecule has 37 heavy (non-hydrogen) atoms. The molecule has 0 saturated carbocycles. The zero-order valence-electron chi connectivity index (χ0n) is 20.8. The zero-order chi connectivity index (χ0) is 25.5. The van der Waals surface area contributed by atoms with Gasteiger partial charge in [0.15, 0.2) is 0 Å². The van der Waals surface area contributed by atoms with E-state index in [1.54, 1.807) is 30.7 Å².